The van der Waals surface area contributed by atoms with Crippen LogP contribution >= 0.6 is 0 Å². The Morgan fingerprint density at radius 3 is 2.33 bits per heavy atom. The molecule has 0 spiro atoms. The first-order valence-electron chi connectivity index (χ1n) is 1.22. The average molecular weight is 87.1 g/mol. The standard InChI is InChI=1S/CH5N5/c2-1-6(4)5-3/h5H,3-4H2. The van der Waals surface area contributed by atoms with Crippen molar-refractivity contribution in [2.24, 2.45) is 11.7 Å². The minimum Gasteiger partial charge on any atom is -0.251 e. The van der Waals surface area contributed by atoms with E-state index in [1.54, 1.807) is 0 Å². The summed E-state index contributed by atoms with van der Waals surface area (Å²) in [6, 6.07) is 0. The Morgan fingerprint density at radius 1 is 1.83 bits per heavy atom. The Labute approximate surface area is 35.0 Å². The molecule has 5 N–H and O–H groups in total. The molecular weight excluding hydrogens is 82.0 g/mol. The number of nitrogens with zero attached hydrogens (tertiary/aromatic N) is 2. The highest BCUT2D eigenvalue weighted by Gasteiger charge is 1.77. The van der Waals surface area contributed by atoms with Gasteiger partial charge < -0.3 is 0 Å². The Morgan fingerprint density at radius 2 is 2.33 bits per heavy atom. The third-order valence-electron chi connectivity index (χ3n) is 0.247. The maximum absolute atomic E-state index is 7.74. The lowest BCUT2D eigenvalue weighted by atomic mass is 11.3. The number of hydrazine groups is 3. The molecule has 6 heavy (non-hydrogen) atoms. The van der Waals surface area contributed by atoms with Gasteiger partial charge in [0, 0.05) is 0 Å². The molecule has 0 amide bonds. The van der Waals surface area contributed by atoms with Crippen molar-refractivity contribution in [3.63, 3.8) is 0 Å². The molecule has 0 saturated heterocycles. The highest BCUT2D eigenvalue weighted by atomic mass is 15.7. The van der Waals surface area contributed by atoms with Crippen molar-refractivity contribution in [3.05, 3.63) is 0 Å². The largest absolute Gasteiger partial charge is 0.251 e. The molecule has 0 aromatic rings. The summed E-state index contributed by atoms with van der Waals surface area (Å²) in [6.45, 7) is 0. The van der Waals surface area contributed by atoms with Crippen LogP contribution in [0.2, 0.25) is 0 Å². The van der Waals surface area contributed by atoms with Gasteiger partial charge in [0.15, 0.2) is 0 Å². The molecule has 5 nitrogen and oxygen atoms in total. The summed E-state index contributed by atoms with van der Waals surface area (Å²) >= 11 is 0. The Kier molecular flexibility index (Phi) is 2.08. The Hall–Kier alpha value is -0.830. The summed E-state index contributed by atoms with van der Waals surface area (Å²) in [4.78, 5) is 0. The van der Waals surface area contributed by atoms with Gasteiger partial charge in [-0.1, -0.05) is 0 Å². The lowest BCUT2D eigenvalue weighted by Crippen LogP contribution is -2.44. The number of hydrogen-bond acceptors (Lipinski definition) is 5. The van der Waals surface area contributed by atoms with Gasteiger partial charge in [0.25, 0.3) is 0 Å². The quantitative estimate of drug-likeness (QED) is 0.149. The van der Waals surface area contributed by atoms with Crippen LogP contribution in [-0.4, -0.2) is 5.12 Å². The number of nitrogens with two attached hydrogens (primary N) is 2. The van der Waals surface area contributed by atoms with Crippen LogP contribution in [0.25, 0.3) is 0 Å². The van der Waals surface area contributed by atoms with Crippen molar-refractivity contribution in [2.75, 3.05) is 0 Å². The molecule has 0 aliphatic carbocycles. The van der Waals surface area contributed by atoms with E-state index in [-0.39, 0.29) is 0 Å². The van der Waals surface area contributed by atoms with Gasteiger partial charge >= 0.3 is 0 Å². The van der Waals surface area contributed by atoms with Gasteiger partial charge in [0.05, 0.1) is 0 Å². The second-order valence-corrected chi connectivity index (χ2v) is 0.599. The van der Waals surface area contributed by atoms with E-state index in [0.29, 0.717) is 5.12 Å². The Bertz CT molecular complexity index is 60.8. The van der Waals surface area contributed by atoms with Crippen LogP contribution in [0.4, 0.5) is 0 Å². The summed E-state index contributed by atoms with van der Waals surface area (Å²) in [7, 11) is 0. The highest BCUT2D eigenvalue weighted by Crippen LogP contribution is 1.46. The summed E-state index contributed by atoms with van der Waals surface area (Å²) in [5.41, 5.74) is 1.86. The average Bonchev–Trinajstić information content (AvgIpc) is 1.65. The topological polar surface area (TPSA) is 91.1 Å². The fourth-order valence-corrected chi connectivity index (χ4v) is 0.0289. The van der Waals surface area contributed by atoms with E-state index in [1.165, 1.54) is 6.19 Å². The van der Waals surface area contributed by atoms with E-state index in [9.17, 15) is 0 Å². The van der Waals surface area contributed by atoms with Gasteiger partial charge in [0.1, 0.15) is 0 Å². The molecule has 0 aromatic carbocycles. The van der Waals surface area contributed by atoms with Gasteiger partial charge in [-0.2, -0.15) is 10.4 Å². The molecule has 34 valence electrons. The van der Waals surface area contributed by atoms with E-state index in [0.717, 1.165) is 0 Å². The normalized spacial score (nSPS) is 6.83. The molecule has 0 aliphatic rings. The molecule has 0 saturated carbocycles. The first-order chi connectivity index (χ1) is 2.81. The smallest absolute Gasteiger partial charge is 0.212 e. The maximum Gasteiger partial charge on any atom is 0.212 e. The SMILES string of the molecule is N#CN(N)NN. The van der Waals surface area contributed by atoms with Crippen molar-refractivity contribution in [3.8, 4) is 6.19 Å². The summed E-state index contributed by atoms with van der Waals surface area (Å²) < 4.78 is 0. The number of nitriles is 1. The van der Waals surface area contributed by atoms with Crippen LogP contribution in [0.15, 0.2) is 0 Å². The van der Waals surface area contributed by atoms with E-state index in [4.69, 9.17) is 11.1 Å². The van der Waals surface area contributed by atoms with Crippen molar-refractivity contribution in [1.82, 2.24) is 10.7 Å². The van der Waals surface area contributed by atoms with E-state index in [1.807, 2.05) is 5.53 Å². The lowest BCUT2D eigenvalue weighted by Gasteiger charge is -2.00. The lowest BCUT2D eigenvalue weighted by molar-refractivity contribution is 0.300. The zero-order valence-corrected chi connectivity index (χ0v) is 3.05. The van der Waals surface area contributed by atoms with E-state index < -0.39 is 0 Å². The number of hydrogen-bond donors (Lipinski definition) is 3. The molecular formula is CH5N5. The maximum atomic E-state index is 7.74. The van der Waals surface area contributed by atoms with Gasteiger partial charge in [-0.25, -0.2) is 5.84 Å². The molecule has 0 rings (SSSR count). The zero-order chi connectivity index (χ0) is 4.99. The van der Waals surface area contributed by atoms with Gasteiger partial charge in [-0.05, 0) is 0 Å². The fourth-order valence-electron chi connectivity index (χ4n) is 0.0289. The molecule has 0 heterocycles. The van der Waals surface area contributed by atoms with Crippen LogP contribution in [-0.2, 0) is 0 Å². The molecule has 5 heteroatoms. The van der Waals surface area contributed by atoms with Crippen molar-refractivity contribution in [2.45, 2.75) is 0 Å². The summed E-state index contributed by atoms with van der Waals surface area (Å²) in [6.07, 6.45) is 1.49. The monoisotopic (exact) mass is 87.1 g/mol. The first kappa shape index (κ1) is 5.17. The third-order valence-corrected chi connectivity index (χ3v) is 0.247. The predicted octanol–water partition coefficient (Wildman–Crippen LogP) is -1.98. The Balaban J connectivity index is 3.04. The zero-order valence-electron chi connectivity index (χ0n) is 3.05. The van der Waals surface area contributed by atoms with Gasteiger partial charge in [0.2, 0.25) is 6.19 Å². The predicted molar refractivity (Wildman–Crippen MR) is 19.0 cm³/mol. The molecule has 0 unspecified atom stereocenters. The molecule has 0 aliphatic heterocycles. The number of rotatable bonds is 1. The molecule has 0 fully saturated rings. The molecule has 0 atom stereocenters. The van der Waals surface area contributed by atoms with Crippen LogP contribution in [0.3, 0.4) is 0 Å². The van der Waals surface area contributed by atoms with Crippen LogP contribution < -0.4 is 17.2 Å². The van der Waals surface area contributed by atoms with E-state index >= 15 is 0 Å². The van der Waals surface area contributed by atoms with Crippen LogP contribution in [0.5, 0.6) is 0 Å². The minimum absolute atomic E-state index is 0.583. The van der Waals surface area contributed by atoms with Crippen molar-refractivity contribution >= 4 is 0 Å². The number of nitrogens with one attached hydrogen (secondary N) is 1. The third kappa shape index (κ3) is 1.49. The van der Waals surface area contributed by atoms with Crippen molar-refractivity contribution < 1.29 is 0 Å². The highest BCUT2D eigenvalue weighted by molar-refractivity contribution is 4.57. The van der Waals surface area contributed by atoms with Crippen LogP contribution in [0, 0.1) is 11.5 Å². The van der Waals surface area contributed by atoms with Gasteiger partial charge in [-0.15, -0.1) is 5.53 Å². The molecule has 0 aromatic heterocycles. The molecule has 0 radical (unpaired) electrons. The first-order valence-corrected chi connectivity index (χ1v) is 1.22. The van der Waals surface area contributed by atoms with E-state index in [2.05, 4.69) is 5.84 Å². The van der Waals surface area contributed by atoms with Crippen LogP contribution in [0.1, 0.15) is 0 Å². The summed E-state index contributed by atoms with van der Waals surface area (Å²) in [5.74, 6) is 9.32. The minimum atomic E-state index is 0.583. The van der Waals surface area contributed by atoms with Gasteiger partial charge in [-0.3, -0.25) is 5.84 Å². The fraction of sp³-hybridized carbons (Fsp3) is 0. The summed E-state index contributed by atoms with van der Waals surface area (Å²) in [5, 5.41) is 8.33. The second kappa shape index (κ2) is 2.41. The van der Waals surface area contributed by atoms with Crippen molar-refractivity contribution in [1.29, 1.82) is 5.26 Å². The second-order valence-electron chi connectivity index (χ2n) is 0.599. The molecule has 0 bridgehead atoms.